The molecule has 4 nitrogen and oxygen atoms in total. The van der Waals surface area contributed by atoms with E-state index in [1.165, 1.54) is 0 Å². The molecule has 0 unspecified atom stereocenters. The molecule has 1 aromatic carbocycles. The van der Waals surface area contributed by atoms with E-state index in [1.54, 1.807) is 31.3 Å². The summed E-state index contributed by atoms with van der Waals surface area (Å²) in [4.78, 5) is 4.39. The molecule has 2 rings (SSSR count). The SMILES string of the molecule is Cc1cc(NS(=O)(=O)c2cc(C(C)(C)C)ccc2C)ccn1. The third-order valence-electron chi connectivity index (χ3n) is 3.49. The Balaban J connectivity index is 2.45. The molecule has 1 N–H and O–H groups in total. The van der Waals surface area contributed by atoms with Crippen molar-refractivity contribution in [1.29, 1.82) is 0 Å². The topological polar surface area (TPSA) is 59.1 Å². The second-order valence-electron chi connectivity index (χ2n) is 6.52. The lowest BCUT2D eigenvalue weighted by molar-refractivity contribution is 0.584. The highest BCUT2D eigenvalue weighted by molar-refractivity contribution is 7.92. The molecular formula is C17H22N2O2S. The van der Waals surface area contributed by atoms with Gasteiger partial charge in [0.05, 0.1) is 10.6 Å². The number of sulfonamides is 1. The van der Waals surface area contributed by atoms with Crippen molar-refractivity contribution in [2.45, 2.75) is 44.9 Å². The molecule has 0 saturated carbocycles. The van der Waals surface area contributed by atoms with Gasteiger partial charge in [0.1, 0.15) is 0 Å². The van der Waals surface area contributed by atoms with Crippen LogP contribution in [0.1, 0.15) is 37.6 Å². The third-order valence-corrected chi connectivity index (χ3v) is 5.02. The summed E-state index contributed by atoms with van der Waals surface area (Å²) in [5.74, 6) is 0. The van der Waals surface area contributed by atoms with Gasteiger partial charge in [-0.25, -0.2) is 8.42 Å². The molecule has 0 aliphatic carbocycles. The van der Waals surface area contributed by atoms with Gasteiger partial charge in [-0.15, -0.1) is 0 Å². The zero-order valence-electron chi connectivity index (χ0n) is 13.6. The second kappa shape index (κ2) is 5.72. The molecule has 0 aliphatic heterocycles. The molecule has 0 aliphatic rings. The molecule has 118 valence electrons. The van der Waals surface area contributed by atoms with Gasteiger partial charge in [0.15, 0.2) is 0 Å². The van der Waals surface area contributed by atoms with Gasteiger partial charge in [-0.3, -0.25) is 9.71 Å². The normalized spacial score (nSPS) is 12.2. The average Bonchev–Trinajstić information content (AvgIpc) is 2.36. The molecule has 0 atom stereocenters. The first kappa shape index (κ1) is 16.5. The van der Waals surface area contributed by atoms with Crippen LogP contribution in [-0.4, -0.2) is 13.4 Å². The Bertz CT molecular complexity index is 791. The number of aromatic nitrogens is 1. The van der Waals surface area contributed by atoms with Crippen LogP contribution in [0.4, 0.5) is 5.69 Å². The van der Waals surface area contributed by atoms with Crippen LogP contribution in [-0.2, 0) is 15.4 Å². The van der Waals surface area contributed by atoms with E-state index in [1.807, 2.05) is 19.1 Å². The van der Waals surface area contributed by atoms with Crippen LogP contribution < -0.4 is 4.72 Å². The number of benzene rings is 1. The summed E-state index contributed by atoms with van der Waals surface area (Å²) >= 11 is 0. The molecule has 0 radical (unpaired) electrons. The highest BCUT2D eigenvalue weighted by atomic mass is 32.2. The molecular weight excluding hydrogens is 296 g/mol. The van der Waals surface area contributed by atoms with Crippen molar-refractivity contribution in [3.05, 3.63) is 53.3 Å². The number of hydrogen-bond acceptors (Lipinski definition) is 3. The lowest BCUT2D eigenvalue weighted by Crippen LogP contribution is -2.17. The second-order valence-corrected chi connectivity index (χ2v) is 8.17. The van der Waals surface area contributed by atoms with Crippen molar-refractivity contribution < 1.29 is 8.42 Å². The first-order chi connectivity index (χ1) is 10.1. The molecule has 0 fully saturated rings. The molecule has 0 amide bonds. The smallest absolute Gasteiger partial charge is 0.262 e. The summed E-state index contributed by atoms with van der Waals surface area (Å²) in [5.41, 5.74) is 2.90. The van der Waals surface area contributed by atoms with Gasteiger partial charge >= 0.3 is 0 Å². The van der Waals surface area contributed by atoms with Gasteiger partial charge in [0, 0.05) is 11.9 Å². The van der Waals surface area contributed by atoms with E-state index in [9.17, 15) is 8.42 Å². The number of nitrogens with one attached hydrogen (secondary N) is 1. The first-order valence-corrected chi connectivity index (χ1v) is 8.64. The van der Waals surface area contributed by atoms with Crippen LogP contribution in [0.3, 0.4) is 0 Å². The van der Waals surface area contributed by atoms with E-state index in [0.717, 1.165) is 16.8 Å². The minimum atomic E-state index is -3.62. The maximum atomic E-state index is 12.7. The Morgan fingerprint density at radius 3 is 2.32 bits per heavy atom. The Morgan fingerprint density at radius 1 is 1.05 bits per heavy atom. The molecule has 1 aromatic heterocycles. The number of rotatable bonds is 3. The minimum Gasteiger partial charge on any atom is -0.280 e. The van der Waals surface area contributed by atoms with E-state index in [-0.39, 0.29) is 5.41 Å². The van der Waals surface area contributed by atoms with Crippen LogP contribution >= 0.6 is 0 Å². The van der Waals surface area contributed by atoms with Gasteiger partial charge < -0.3 is 0 Å². The Kier molecular flexibility index (Phi) is 4.29. The number of aryl methyl sites for hydroxylation is 2. The minimum absolute atomic E-state index is 0.106. The largest absolute Gasteiger partial charge is 0.280 e. The van der Waals surface area contributed by atoms with E-state index in [4.69, 9.17) is 0 Å². The lowest BCUT2D eigenvalue weighted by atomic mass is 9.87. The van der Waals surface area contributed by atoms with Gasteiger partial charge in [-0.05, 0) is 48.6 Å². The number of anilines is 1. The van der Waals surface area contributed by atoms with Crippen molar-refractivity contribution in [3.63, 3.8) is 0 Å². The Labute approximate surface area is 132 Å². The van der Waals surface area contributed by atoms with Crippen molar-refractivity contribution in [1.82, 2.24) is 4.98 Å². The zero-order chi connectivity index (χ0) is 16.5. The summed E-state index contributed by atoms with van der Waals surface area (Å²) in [6.45, 7) is 9.82. The predicted molar refractivity (Wildman–Crippen MR) is 89.7 cm³/mol. The molecule has 0 spiro atoms. The van der Waals surface area contributed by atoms with Crippen molar-refractivity contribution in [3.8, 4) is 0 Å². The fourth-order valence-corrected chi connectivity index (χ4v) is 3.50. The summed E-state index contributed by atoms with van der Waals surface area (Å²) in [6, 6.07) is 8.94. The standard InChI is InChI=1S/C17H22N2O2S/c1-12-6-7-14(17(3,4)5)11-16(12)22(20,21)19-15-8-9-18-13(2)10-15/h6-11H,1-5H3,(H,18,19). The van der Waals surface area contributed by atoms with Crippen molar-refractivity contribution >= 4 is 15.7 Å². The van der Waals surface area contributed by atoms with Crippen LogP contribution in [0, 0.1) is 13.8 Å². The van der Waals surface area contributed by atoms with Gasteiger partial charge in [0.2, 0.25) is 0 Å². The van der Waals surface area contributed by atoms with Crippen molar-refractivity contribution in [2.75, 3.05) is 4.72 Å². The molecule has 5 heteroatoms. The van der Waals surface area contributed by atoms with Gasteiger partial charge in [0.25, 0.3) is 10.0 Å². The Hall–Kier alpha value is -1.88. The van der Waals surface area contributed by atoms with E-state index < -0.39 is 10.0 Å². The third kappa shape index (κ3) is 3.65. The Morgan fingerprint density at radius 2 is 1.73 bits per heavy atom. The monoisotopic (exact) mass is 318 g/mol. The fraction of sp³-hybridized carbons (Fsp3) is 0.353. The fourth-order valence-electron chi connectivity index (χ4n) is 2.18. The molecule has 2 aromatic rings. The van der Waals surface area contributed by atoms with E-state index in [2.05, 4.69) is 30.5 Å². The molecule has 22 heavy (non-hydrogen) atoms. The van der Waals surface area contributed by atoms with Gasteiger partial charge in [-0.1, -0.05) is 32.9 Å². The van der Waals surface area contributed by atoms with E-state index >= 15 is 0 Å². The number of nitrogens with zero attached hydrogens (tertiary/aromatic N) is 1. The number of hydrogen-bond donors (Lipinski definition) is 1. The highest BCUT2D eigenvalue weighted by Gasteiger charge is 2.21. The molecule has 0 bridgehead atoms. The van der Waals surface area contributed by atoms with Crippen LogP contribution in [0.5, 0.6) is 0 Å². The predicted octanol–water partition coefficient (Wildman–Crippen LogP) is 3.80. The van der Waals surface area contributed by atoms with Crippen LogP contribution in [0.25, 0.3) is 0 Å². The van der Waals surface area contributed by atoms with Crippen LogP contribution in [0.15, 0.2) is 41.4 Å². The quantitative estimate of drug-likeness (QED) is 0.936. The molecule has 0 saturated heterocycles. The number of pyridine rings is 1. The summed E-state index contributed by atoms with van der Waals surface area (Å²) < 4.78 is 28.0. The lowest BCUT2D eigenvalue weighted by Gasteiger charge is -2.21. The maximum absolute atomic E-state index is 12.7. The average molecular weight is 318 g/mol. The maximum Gasteiger partial charge on any atom is 0.262 e. The van der Waals surface area contributed by atoms with Crippen LogP contribution in [0.2, 0.25) is 0 Å². The zero-order valence-corrected chi connectivity index (χ0v) is 14.5. The summed E-state index contributed by atoms with van der Waals surface area (Å²) in [6.07, 6.45) is 1.59. The molecule has 1 heterocycles. The van der Waals surface area contributed by atoms with Gasteiger partial charge in [-0.2, -0.15) is 0 Å². The summed E-state index contributed by atoms with van der Waals surface area (Å²) in [7, 11) is -3.62. The summed E-state index contributed by atoms with van der Waals surface area (Å²) in [5, 5.41) is 0. The van der Waals surface area contributed by atoms with Crippen molar-refractivity contribution in [2.24, 2.45) is 0 Å². The van der Waals surface area contributed by atoms with E-state index in [0.29, 0.717) is 10.6 Å². The first-order valence-electron chi connectivity index (χ1n) is 7.16. The highest BCUT2D eigenvalue weighted by Crippen LogP contribution is 2.27.